The molecule has 6 saturated carbocycles. The molecular weight excluding hydrogens is 1500 g/mol. The molecule has 4 aromatic carbocycles. The lowest BCUT2D eigenvalue weighted by molar-refractivity contribution is -0.281. The molecule has 4 aromatic heterocycles. The molecule has 3 saturated heterocycles. The predicted molar refractivity (Wildman–Crippen MR) is 470 cm³/mol. The first kappa shape index (κ1) is 86.9. The quantitative estimate of drug-likeness (QED) is 0.129. The fourth-order valence-corrected chi connectivity index (χ4v) is 26.9. The van der Waals surface area contributed by atoms with E-state index in [1.54, 1.807) is 0 Å². The summed E-state index contributed by atoms with van der Waals surface area (Å²) in [6, 6.07) is 41.6. The summed E-state index contributed by atoms with van der Waals surface area (Å²) in [5.74, 6) is 1.63. The van der Waals surface area contributed by atoms with Crippen LogP contribution in [0.15, 0.2) is 158 Å². The van der Waals surface area contributed by atoms with E-state index in [0.29, 0.717) is 73.3 Å². The number of hydrogen-bond donors (Lipinski definition) is 1. The van der Waals surface area contributed by atoms with E-state index in [4.69, 9.17) is 48.8 Å². The number of ether oxygens (including phenoxy) is 6. The number of Topliss-reactive ketones (excluding diaryl/α,β-unsaturated/α-hetero) is 3. The molecule has 0 unspecified atom stereocenters. The minimum Gasteiger partial charge on any atom is -0.515 e. The van der Waals surface area contributed by atoms with Gasteiger partial charge < -0.3 is 33.5 Å². The zero-order valence-electron chi connectivity index (χ0n) is 72.9. The molecular formula is C102H136N8O10. The number of rotatable bonds is 4. The van der Waals surface area contributed by atoms with Crippen molar-refractivity contribution in [1.29, 1.82) is 0 Å². The number of fused-ring (bicyclic) bond motifs is 13. The van der Waals surface area contributed by atoms with Crippen molar-refractivity contribution in [2.75, 3.05) is 39.6 Å². The van der Waals surface area contributed by atoms with Gasteiger partial charge in [-0.3, -0.25) is 14.4 Å². The van der Waals surface area contributed by atoms with Gasteiger partial charge in [0.25, 0.3) is 0 Å². The molecule has 7 heterocycles. The average Bonchev–Trinajstić information content (AvgIpc) is 1.37. The summed E-state index contributed by atoms with van der Waals surface area (Å²) < 4.78 is 45.2. The van der Waals surface area contributed by atoms with Crippen molar-refractivity contribution in [1.82, 2.24) is 39.1 Å². The molecule has 1 N–H and O–H groups in total. The Kier molecular flexibility index (Phi) is 22.9. The predicted octanol–water partition coefficient (Wildman–Crippen LogP) is 20.9. The van der Waals surface area contributed by atoms with Gasteiger partial charge in [0.1, 0.15) is 11.6 Å². The third-order valence-electron chi connectivity index (χ3n) is 33.5. The third-order valence-corrected chi connectivity index (χ3v) is 33.5. The molecule has 10 aliphatic carbocycles. The van der Waals surface area contributed by atoms with Crippen molar-refractivity contribution >= 4 is 17.3 Å². The fourth-order valence-electron chi connectivity index (χ4n) is 26.9. The second kappa shape index (κ2) is 31.7. The Morgan fingerprint density at radius 3 is 1.04 bits per heavy atom. The van der Waals surface area contributed by atoms with E-state index in [9.17, 15) is 19.5 Å². The van der Waals surface area contributed by atoms with Gasteiger partial charge in [-0.05, 0) is 197 Å². The van der Waals surface area contributed by atoms with Crippen molar-refractivity contribution in [2.24, 2.45) is 62.1 Å². The van der Waals surface area contributed by atoms with Crippen LogP contribution in [-0.4, -0.2) is 119 Å². The van der Waals surface area contributed by atoms with Crippen LogP contribution in [0.2, 0.25) is 0 Å². The van der Waals surface area contributed by atoms with Gasteiger partial charge in [-0.1, -0.05) is 192 Å². The van der Waals surface area contributed by atoms with Crippen molar-refractivity contribution in [3.63, 3.8) is 0 Å². The summed E-state index contributed by atoms with van der Waals surface area (Å²) in [5, 5.41) is 28.8. The summed E-state index contributed by atoms with van der Waals surface area (Å²) in [6.45, 7) is 38.1. The second-order valence-corrected chi connectivity index (χ2v) is 40.9. The number of benzene rings is 4. The molecule has 10 atom stereocenters. The average molecular weight is 1630 g/mol. The van der Waals surface area contributed by atoms with Gasteiger partial charge in [-0.2, -0.15) is 20.4 Å². The van der Waals surface area contributed by atoms with Crippen LogP contribution in [0.1, 0.15) is 266 Å². The van der Waals surface area contributed by atoms with Crippen molar-refractivity contribution in [2.45, 2.75) is 286 Å². The monoisotopic (exact) mass is 1630 g/mol. The van der Waals surface area contributed by atoms with Crippen molar-refractivity contribution in [3.8, 4) is 22.7 Å². The number of para-hydroxylation sites is 4. The lowest BCUT2D eigenvalue weighted by Gasteiger charge is -2.59. The molecule has 644 valence electrons. The lowest BCUT2D eigenvalue weighted by atomic mass is 9.48. The number of ketones is 3. The number of aliphatic hydroxyl groups is 1. The van der Waals surface area contributed by atoms with E-state index in [1.807, 2.05) is 42.1 Å². The first-order valence-electron chi connectivity index (χ1n) is 44.5. The fraction of sp³-hybridized carbons (Fsp3) is 0.598. The minimum atomic E-state index is -0.530. The molecule has 0 radical (unpaired) electrons. The van der Waals surface area contributed by atoms with Crippen LogP contribution in [0.5, 0.6) is 0 Å². The number of carbonyl (C=O) groups is 3. The van der Waals surface area contributed by atoms with E-state index in [1.165, 1.54) is 57.9 Å². The maximum absolute atomic E-state index is 12.7. The molecule has 18 heteroatoms. The smallest absolute Gasteiger partial charge is 0.173 e. The van der Waals surface area contributed by atoms with Gasteiger partial charge in [-0.25, -0.2) is 18.7 Å². The number of aryl methyl sites for hydroxylation is 4. The zero-order valence-corrected chi connectivity index (χ0v) is 72.9. The highest BCUT2D eigenvalue weighted by molar-refractivity contribution is 6.00. The largest absolute Gasteiger partial charge is 0.515 e. The highest BCUT2D eigenvalue weighted by atomic mass is 16.7. The highest BCUT2D eigenvalue weighted by Crippen LogP contribution is 2.67. The van der Waals surface area contributed by atoms with Gasteiger partial charge in [-0.15, -0.1) is 0 Å². The van der Waals surface area contributed by atoms with E-state index < -0.39 is 22.8 Å². The molecule has 8 aromatic rings. The second-order valence-electron chi connectivity index (χ2n) is 40.9. The molecule has 120 heavy (non-hydrogen) atoms. The Bertz CT molecular complexity index is 5070. The molecule has 9 fully saturated rings. The van der Waals surface area contributed by atoms with Crippen LogP contribution in [-0.2, 0) is 90.1 Å². The maximum atomic E-state index is 12.7. The third kappa shape index (κ3) is 13.6. The SMILES string of the molecule is C.C.CC1(C)C(=O)CC[C@]2(C)c3c(cnn3-c3ccccc3)CC[C@@H]12.CC1(C)C(=O)CC[C@]2(C)c3nn(-c4ccccc4)cc3CC[C@@H]12.CC1(C)[C@@H]2CC/C(=C\O)C(=O)[C@@]2(C)CCC12OCCO2.CC1(C)[C@@H]2CCc3cn(-c4ccccc4)nc3[C@@]2(C)CCC12OCCO2.CC1(C)[C@@H]2CCc3cnn(-c4ccccc4)c3[C@@]2(C)CCC12OCCO2. The van der Waals surface area contributed by atoms with Gasteiger partial charge >= 0.3 is 0 Å². The molecule has 13 aliphatic rings. The van der Waals surface area contributed by atoms with Crippen LogP contribution in [0, 0.1) is 62.1 Å². The van der Waals surface area contributed by atoms with Gasteiger partial charge in [0.05, 0.1) is 104 Å². The molecule has 3 spiro atoms. The summed E-state index contributed by atoms with van der Waals surface area (Å²) >= 11 is 0. The Hall–Kier alpha value is -7.97. The number of carbonyl (C=O) groups excluding carboxylic acids is 3. The maximum Gasteiger partial charge on any atom is 0.173 e. The van der Waals surface area contributed by atoms with E-state index in [-0.39, 0.29) is 75.3 Å². The number of allylic oxidation sites excluding steroid dienone is 1. The van der Waals surface area contributed by atoms with E-state index in [2.05, 4.69) is 227 Å². The Labute approximate surface area is 714 Å². The van der Waals surface area contributed by atoms with Gasteiger partial charge in [0.2, 0.25) is 0 Å². The molecule has 3 aliphatic heterocycles. The summed E-state index contributed by atoms with van der Waals surface area (Å²) in [6.07, 6.45) is 28.6. The lowest BCUT2D eigenvalue weighted by Crippen LogP contribution is -2.61. The normalized spacial score (nSPS) is 31.6. The van der Waals surface area contributed by atoms with Crippen molar-refractivity contribution in [3.05, 3.63) is 203 Å². The zero-order chi connectivity index (χ0) is 83.1. The van der Waals surface area contributed by atoms with Crippen LogP contribution in [0.25, 0.3) is 22.7 Å². The summed E-state index contributed by atoms with van der Waals surface area (Å²) in [7, 11) is 0. The number of nitrogens with zero attached hydrogens (tertiary/aromatic N) is 8. The van der Waals surface area contributed by atoms with Gasteiger partial charge in [0, 0.05) is 104 Å². The standard InChI is InChI=1S/2C22H28N2O2.2C20H24N2O.C16H24O4.2CH4/c1-20(2)18-10-9-16-15-24(17-7-5-4-6-8-17)23-19(16)21(18,3)11-12-22(20)25-13-14-26-22;1-20(2)18-10-9-16-15-23-24(17-7-5-4-6-8-17)19(16)21(18,3)11-12-22(20)25-13-14-26-22;1-19(2)16-10-9-14-13-22(15-7-5-4-6-8-15)21-18(14)20(16,3)12-11-17(19)23;1-19(2)16-10-9-14-13-21-22(15-7-5-4-6-8-15)18(14)20(16,3)12-11-17(19)23;1-14(2)12-5-4-11(10-17)13(18)15(12,3)6-7-16(14)19-8-9-20-16;;/h2*4-8,15,18H,9-14H2,1-3H3;2*4-8,13,16H,9-12H2,1-3H3;10,12,17H,4-9H2,1-3H3;2*1H4/b;;;;11-10+;;/t2*18-,21-;2*16-,20-;12-,15-;;/m00000../s1. The topological polar surface area (TPSA) is 198 Å². The Morgan fingerprint density at radius 1 is 0.350 bits per heavy atom. The van der Waals surface area contributed by atoms with Crippen molar-refractivity contribution < 1.29 is 47.9 Å². The van der Waals surface area contributed by atoms with Crippen LogP contribution >= 0.6 is 0 Å². The molecule has 0 bridgehead atoms. The Balaban J connectivity index is 0.000000117. The number of aromatic nitrogens is 8. The summed E-state index contributed by atoms with van der Waals surface area (Å²) in [4.78, 5) is 37.6. The number of hydrogen-bond acceptors (Lipinski definition) is 14. The van der Waals surface area contributed by atoms with Crippen LogP contribution in [0.3, 0.4) is 0 Å². The van der Waals surface area contributed by atoms with Crippen LogP contribution in [0.4, 0.5) is 0 Å². The van der Waals surface area contributed by atoms with Crippen LogP contribution < -0.4 is 0 Å². The molecule has 18 nitrogen and oxygen atoms in total. The highest BCUT2D eigenvalue weighted by Gasteiger charge is 2.68. The first-order chi connectivity index (χ1) is 56.2. The summed E-state index contributed by atoms with van der Waals surface area (Å²) in [5.41, 5.74) is 14.9. The van der Waals surface area contributed by atoms with Gasteiger partial charge in [0.15, 0.2) is 23.1 Å². The molecule has 21 rings (SSSR count). The van der Waals surface area contributed by atoms with E-state index >= 15 is 0 Å². The first-order valence-corrected chi connectivity index (χ1v) is 44.5. The Morgan fingerprint density at radius 2 is 0.650 bits per heavy atom. The number of aliphatic hydroxyl groups excluding tert-OH is 1. The molecule has 0 amide bonds. The minimum absolute atomic E-state index is 0. The van der Waals surface area contributed by atoms with E-state index in [0.717, 1.165) is 152 Å².